The molecule has 1 saturated heterocycles. The monoisotopic (exact) mass is 475 g/mol. The quantitative estimate of drug-likeness (QED) is 0.507. The van der Waals surface area contributed by atoms with Gasteiger partial charge in [0.2, 0.25) is 15.9 Å². The molecule has 0 aromatic heterocycles. The number of carbonyl (C=O) groups excluding carboxylic acids is 1. The average molecular weight is 476 g/mol. The zero-order valence-electron chi connectivity index (χ0n) is 18.3. The molecule has 1 heterocycles. The molecule has 1 saturated carbocycles. The first-order valence-corrected chi connectivity index (χ1v) is 12.4. The zero-order chi connectivity index (χ0) is 23.8. The summed E-state index contributed by atoms with van der Waals surface area (Å²) in [5, 5.41) is 14.2. The molecule has 10 heteroatoms. The minimum absolute atomic E-state index is 0.0793. The molecule has 0 radical (unpaired) electrons. The summed E-state index contributed by atoms with van der Waals surface area (Å²) in [6.07, 6.45) is 3.25. The second-order valence-corrected chi connectivity index (χ2v) is 10.7. The summed E-state index contributed by atoms with van der Waals surface area (Å²) >= 11 is 0. The van der Waals surface area contributed by atoms with E-state index in [-0.39, 0.29) is 41.3 Å². The van der Waals surface area contributed by atoms with E-state index in [1.165, 1.54) is 28.6 Å². The minimum atomic E-state index is -3.91. The van der Waals surface area contributed by atoms with Crippen LogP contribution in [0.4, 0.5) is 10.1 Å². The highest BCUT2D eigenvalue weighted by atomic mass is 32.2. The van der Waals surface area contributed by atoms with Gasteiger partial charge in [-0.2, -0.15) is 4.31 Å². The number of nitrogens with one attached hydrogen (secondary N) is 1. The van der Waals surface area contributed by atoms with E-state index in [2.05, 4.69) is 5.32 Å². The number of hydrogen-bond acceptors (Lipinski definition) is 5. The van der Waals surface area contributed by atoms with Crippen LogP contribution in [0.5, 0.6) is 0 Å². The molecule has 1 aliphatic heterocycles. The lowest BCUT2D eigenvalue weighted by Crippen LogP contribution is -2.53. The fourth-order valence-corrected chi connectivity index (χ4v) is 6.31. The van der Waals surface area contributed by atoms with Crippen molar-refractivity contribution < 1.29 is 22.5 Å². The molecule has 33 heavy (non-hydrogen) atoms. The van der Waals surface area contributed by atoms with Crippen molar-refractivity contribution in [1.82, 2.24) is 9.62 Å². The predicted octanol–water partition coefficient (Wildman–Crippen LogP) is 3.64. The summed E-state index contributed by atoms with van der Waals surface area (Å²) in [6, 6.07) is 9.98. The summed E-state index contributed by atoms with van der Waals surface area (Å²) in [7, 11) is -3.91. The molecule has 0 spiro atoms. The van der Waals surface area contributed by atoms with E-state index >= 15 is 0 Å². The van der Waals surface area contributed by atoms with Crippen molar-refractivity contribution in [3.63, 3.8) is 0 Å². The maximum absolute atomic E-state index is 13.3. The molecule has 2 aliphatic rings. The van der Waals surface area contributed by atoms with Crippen molar-refractivity contribution in [2.45, 2.75) is 49.5 Å². The molecule has 2 aromatic rings. The van der Waals surface area contributed by atoms with Gasteiger partial charge in [-0.25, -0.2) is 12.8 Å². The topological polar surface area (TPSA) is 110 Å². The maximum atomic E-state index is 13.3. The third kappa shape index (κ3) is 4.49. The van der Waals surface area contributed by atoms with Crippen LogP contribution in [0.25, 0.3) is 0 Å². The molecule has 176 valence electrons. The van der Waals surface area contributed by atoms with Gasteiger partial charge in [0.15, 0.2) is 0 Å². The molecule has 4 rings (SSSR count). The molecular weight excluding hydrogens is 449 g/mol. The van der Waals surface area contributed by atoms with E-state index in [4.69, 9.17) is 0 Å². The van der Waals surface area contributed by atoms with Crippen molar-refractivity contribution >= 4 is 21.6 Å². The third-order valence-corrected chi connectivity index (χ3v) is 8.83. The Labute approximate surface area is 192 Å². The number of nitro groups is 1. The first kappa shape index (κ1) is 23.3. The average Bonchev–Trinajstić information content (AvgIpc) is 2.77. The van der Waals surface area contributed by atoms with E-state index in [9.17, 15) is 27.7 Å². The number of non-ortho nitro benzene ring substituents is 1. The van der Waals surface area contributed by atoms with Gasteiger partial charge in [-0.3, -0.25) is 14.9 Å². The molecule has 1 amide bonds. The molecule has 0 unspecified atom stereocenters. The number of nitrogens with zero attached hydrogens (tertiary/aromatic N) is 2. The van der Waals surface area contributed by atoms with E-state index in [0.29, 0.717) is 18.4 Å². The summed E-state index contributed by atoms with van der Waals surface area (Å²) in [4.78, 5) is 23.4. The Morgan fingerprint density at radius 1 is 1.15 bits per heavy atom. The van der Waals surface area contributed by atoms with Crippen LogP contribution < -0.4 is 5.32 Å². The van der Waals surface area contributed by atoms with E-state index in [0.717, 1.165) is 30.9 Å². The molecule has 1 aliphatic carbocycles. The number of nitro benzene ring substituents is 1. The number of carbonyl (C=O) groups is 1. The molecule has 8 nitrogen and oxygen atoms in total. The van der Waals surface area contributed by atoms with Gasteiger partial charge in [-0.1, -0.05) is 18.2 Å². The normalized spacial score (nSPS) is 19.0. The van der Waals surface area contributed by atoms with E-state index in [1.807, 2.05) is 0 Å². The summed E-state index contributed by atoms with van der Waals surface area (Å²) in [5.41, 5.74) is 0.546. The number of benzene rings is 2. The van der Waals surface area contributed by atoms with Crippen LogP contribution in [0, 0.1) is 28.8 Å². The van der Waals surface area contributed by atoms with Crippen LogP contribution in [0.15, 0.2) is 47.4 Å². The van der Waals surface area contributed by atoms with E-state index < -0.39 is 20.5 Å². The van der Waals surface area contributed by atoms with Crippen molar-refractivity contribution in [3.05, 3.63) is 69.5 Å². The fourth-order valence-electron chi connectivity index (χ4n) is 4.60. The number of hydrogen-bond donors (Lipinski definition) is 1. The summed E-state index contributed by atoms with van der Waals surface area (Å²) < 4.78 is 40.9. The Kier molecular flexibility index (Phi) is 6.24. The first-order valence-electron chi connectivity index (χ1n) is 11.0. The van der Waals surface area contributed by atoms with Crippen molar-refractivity contribution in [2.24, 2.45) is 5.92 Å². The van der Waals surface area contributed by atoms with Gasteiger partial charge in [0.25, 0.3) is 5.69 Å². The maximum Gasteiger partial charge on any atom is 0.270 e. The van der Waals surface area contributed by atoms with Crippen LogP contribution in [0.1, 0.15) is 43.2 Å². The number of halogens is 1. The number of rotatable bonds is 6. The second kappa shape index (κ2) is 8.83. The highest BCUT2D eigenvalue weighted by molar-refractivity contribution is 7.89. The van der Waals surface area contributed by atoms with Crippen molar-refractivity contribution in [3.8, 4) is 0 Å². The minimum Gasteiger partial charge on any atom is -0.346 e. The highest BCUT2D eigenvalue weighted by Crippen LogP contribution is 2.42. The fraction of sp³-hybridized carbons (Fsp3) is 0.435. The van der Waals surface area contributed by atoms with Gasteiger partial charge in [-0.15, -0.1) is 0 Å². The van der Waals surface area contributed by atoms with Crippen LogP contribution >= 0.6 is 0 Å². The van der Waals surface area contributed by atoms with Gasteiger partial charge in [-0.05, 0) is 62.3 Å². The second-order valence-electron chi connectivity index (χ2n) is 8.82. The lowest BCUT2D eigenvalue weighted by molar-refractivity contribution is -0.385. The van der Waals surface area contributed by atoms with Crippen molar-refractivity contribution in [1.29, 1.82) is 0 Å². The molecule has 0 bridgehead atoms. The van der Waals surface area contributed by atoms with Crippen LogP contribution in [-0.4, -0.2) is 36.6 Å². The van der Waals surface area contributed by atoms with Gasteiger partial charge >= 0.3 is 0 Å². The SMILES string of the molecule is Cc1ccc([N+](=O)[O-])cc1S(=O)(=O)N1CCC(C(=O)NC2(c3ccc(F)cc3)CCC2)CC1. The van der Waals surface area contributed by atoms with Crippen LogP contribution in [-0.2, 0) is 20.4 Å². The van der Waals surface area contributed by atoms with Gasteiger partial charge in [0.05, 0.1) is 15.4 Å². The molecule has 0 atom stereocenters. The highest BCUT2D eigenvalue weighted by Gasteiger charge is 2.42. The van der Waals surface area contributed by atoms with Gasteiger partial charge in [0.1, 0.15) is 5.82 Å². The van der Waals surface area contributed by atoms with Crippen LogP contribution in [0.2, 0.25) is 0 Å². The predicted molar refractivity (Wildman–Crippen MR) is 119 cm³/mol. The number of aryl methyl sites for hydroxylation is 1. The standard InChI is InChI=1S/C23H26FN3O5S/c1-16-3-8-20(27(29)30)15-21(16)33(31,32)26-13-9-17(10-14-26)22(28)25-23(11-2-12-23)18-4-6-19(24)7-5-18/h3-8,15,17H,2,9-14H2,1H3,(H,25,28). The Morgan fingerprint density at radius 3 is 2.33 bits per heavy atom. The molecule has 2 aromatic carbocycles. The van der Waals surface area contributed by atoms with Gasteiger partial charge < -0.3 is 5.32 Å². The Balaban J connectivity index is 1.43. The lowest BCUT2D eigenvalue weighted by atomic mass is 9.71. The zero-order valence-corrected chi connectivity index (χ0v) is 19.1. The third-order valence-electron chi connectivity index (χ3n) is 6.79. The van der Waals surface area contributed by atoms with Crippen LogP contribution in [0.3, 0.4) is 0 Å². The molecular formula is C23H26FN3O5S. The lowest BCUT2D eigenvalue weighted by Gasteiger charge is -2.44. The Morgan fingerprint density at radius 2 is 1.79 bits per heavy atom. The first-order chi connectivity index (χ1) is 15.6. The Hall–Kier alpha value is -2.85. The van der Waals surface area contributed by atoms with Gasteiger partial charge in [0, 0.05) is 31.1 Å². The Bertz CT molecular complexity index is 1170. The smallest absolute Gasteiger partial charge is 0.270 e. The molecule has 1 N–H and O–H groups in total. The summed E-state index contributed by atoms with van der Waals surface area (Å²) in [6.45, 7) is 1.92. The number of piperidine rings is 1. The largest absolute Gasteiger partial charge is 0.346 e. The van der Waals surface area contributed by atoms with Crippen molar-refractivity contribution in [2.75, 3.05) is 13.1 Å². The number of amides is 1. The molecule has 2 fully saturated rings. The number of sulfonamides is 1. The van der Waals surface area contributed by atoms with E-state index in [1.54, 1.807) is 19.1 Å². The summed E-state index contributed by atoms with van der Waals surface area (Å²) in [5.74, 6) is -0.782.